The number of para-hydroxylation sites is 1. The van der Waals surface area contributed by atoms with Crippen LogP contribution in [0.3, 0.4) is 0 Å². The van der Waals surface area contributed by atoms with Gasteiger partial charge in [-0.3, -0.25) is 10.1 Å². The quantitative estimate of drug-likeness (QED) is 0.642. The van der Waals surface area contributed by atoms with Crippen molar-refractivity contribution in [3.05, 3.63) is 52.5 Å². The average molecular weight is 276 g/mol. The molecule has 2 aromatic rings. The highest BCUT2D eigenvalue weighted by Gasteiger charge is 2.22. The fourth-order valence-electron chi connectivity index (χ4n) is 1.94. The number of nitro benzene ring substituents is 1. The van der Waals surface area contributed by atoms with E-state index in [4.69, 9.17) is 9.15 Å². The number of hydrogen-bond acceptors (Lipinski definition) is 5. The summed E-state index contributed by atoms with van der Waals surface area (Å²) in [6.45, 7) is 4.03. The lowest BCUT2D eigenvalue weighted by Gasteiger charge is -2.14. The summed E-state index contributed by atoms with van der Waals surface area (Å²) in [5.41, 5.74) is 0.345. The Morgan fingerprint density at radius 1 is 1.40 bits per heavy atom. The van der Waals surface area contributed by atoms with Crippen molar-refractivity contribution in [2.24, 2.45) is 0 Å². The van der Waals surface area contributed by atoms with Crippen LogP contribution in [0.4, 0.5) is 11.4 Å². The van der Waals surface area contributed by atoms with E-state index in [9.17, 15) is 10.1 Å². The predicted octanol–water partition coefficient (Wildman–Crippen LogP) is 3.76. The van der Waals surface area contributed by atoms with Crippen LogP contribution in [0.5, 0.6) is 5.75 Å². The Labute approximate surface area is 116 Å². The molecule has 1 aromatic carbocycles. The Hall–Kier alpha value is -2.50. The lowest BCUT2D eigenvalue weighted by Crippen LogP contribution is -2.08. The third-order valence-corrected chi connectivity index (χ3v) is 2.82. The molecule has 0 amide bonds. The molecule has 0 spiro atoms. The molecule has 0 aliphatic carbocycles. The Morgan fingerprint density at radius 3 is 2.80 bits per heavy atom. The van der Waals surface area contributed by atoms with Crippen LogP contribution in [0.15, 0.2) is 41.0 Å². The van der Waals surface area contributed by atoms with E-state index in [0.29, 0.717) is 18.1 Å². The SMILES string of the molecule is CCOc1cccc(NC(C)c2ccco2)c1[N+](=O)[O-]. The zero-order chi connectivity index (χ0) is 14.5. The van der Waals surface area contributed by atoms with Crippen molar-refractivity contribution in [3.8, 4) is 5.75 Å². The van der Waals surface area contributed by atoms with Gasteiger partial charge in [0, 0.05) is 0 Å². The highest BCUT2D eigenvalue weighted by molar-refractivity contribution is 5.68. The number of benzene rings is 1. The van der Waals surface area contributed by atoms with E-state index in [2.05, 4.69) is 5.32 Å². The molecule has 6 nitrogen and oxygen atoms in total. The van der Waals surface area contributed by atoms with Crippen LogP contribution in [0.1, 0.15) is 25.6 Å². The number of furan rings is 1. The van der Waals surface area contributed by atoms with Crippen molar-refractivity contribution < 1.29 is 14.1 Å². The second-order valence-electron chi connectivity index (χ2n) is 4.22. The number of anilines is 1. The van der Waals surface area contributed by atoms with Crippen molar-refractivity contribution in [1.29, 1.82) is 0 Å². The monoisotopic (exact) mass is 276 g/mol. The van der Waals surface area contributed by atoms with Gasteiger partial charge in [-0.15, -0.1) is 0 Å². The molecule has 0 aliphatic heterocycles. The van der Waals surface area contributed by atoms with Crippen LogP contribution >= 0.6 is 0 Å². The lowest BCUT2D eigenvalue weighted by molar-refractivity contribution is -0.385. The first-order valence-electron chi connectivity index (χ1n) is 6.33. The van der Waals surface area contributed by atoms with Gasteiger partial charge >= 0.3 is 5.69 Å². The number of nitrogens with zero attached hydrogens (tertiary/aromatic N) is 1. The van der Waals surface area contributed by atoms with E-state index >= 15 is 0 Å². The van der Waals surface area contributed by atoms with Crippen LogP contribution in [0.25, 0.3) is 0 Å². The zero-order valence-corrected chi connectivity index (χ0v) is 11.3. The summed E-state index contributed by atoms with van der Waals surface area (Å²) in [4.78, 5) is 10.8. The summed E-state index contributed by atoms with van der Waals surface area (Å²) in [6.07, 6.45) is 1.57. The summed E-state index contributed by atoms with van der Waals surface area (Å²) in [7, 11) is 0. The molecule has 1 N–H and O–H groups in total. The molecule has 1 atom stereocenters. The van der Waals surface area contributed by atoms with Gasteiger partial charge in [-0.2, -0.15) is 0 Å². The molecule has 20 heavy (non-hydrogen) atoms. The van der Waals surface area contributed by atoms with Gasteiger partial charge in [-0.25, -0.2) is 0 Å². The van der Waals surface area contributed by atoms with E-state index in [0.717, 1.165) is 0 Å². The normalized spacial score (nSPS) is 11.9. The van der Waals surface area contributed by atoms with Crippen LogP contribution in [-0.2, 0) is 0 Å². The fraction of sp³-hybridized carbons (Fsp3) is 0.286. The minimum Gasteiger partial charge on any atom is -0.487 e. The summed E-state index contributed by atoms with van der Waals surface area (Å²) >= 11 is 0. The maximum atomic E-state index is 11.2. The van der Waals surface area contributed by atoms with E-state index < -0.39 is 4.92 Å². The lowest BCUT2D eigenvalue weighted by atomic mass is 10.2. The molecule has 0 aliphatic rings. The molecule has 1 aromatic heterocycles. The van der Waals surface area contributed by atoms with E-state index in [1.807, 2.05) is 13.0 Å². The molecule has 1 heterocycles. The maximum absolute atomic E-state index is 11.2. The van der Waals surface area contributed by atoms with Crippen LogP contribution in [-0.4, -0.2) is 11.5 Å². The van der Waals surface area contributed by atoms with Gasteiger partial charge in [0.15, 0.2) is 5.75 Å². The van der Waals surface area contributed by atoms with Gasteiger partial charge in [-0.05, 0) is 38.1 Å². The fourth-order valence-corrected chi connectivity index (χ4v) is 1.94. The second-order valence-corrected chi connectivity index (χ2v) is 4.22. The molecule has 0 radical (unpaired) electrons. The van der Waals surface area contributed by atoms with Crippen LogP contribution in [0.2, 0.25) is 0 Å². The van der Waals surface area contributed by atoms with E-state index in [1.54, 1.807) is 37.5 Å². The molecular formula is C14H16N2O4. The van der Waals surface area contributed by atoms with Gasteiger partial charge in [-0.1, -0.05) is 6.07 Å². The Kier molecular flexibility index (Phi) is 4.24. The Balaban J connectivity index is 2.31. The second kappa shape index (κ2) is 6.10. The Morgan fingerprint density at radius 2 is 2.20 bits per heavy atom. The highest BCUT2D eigenvalue weighted by atomic mass is 16.6. The first-order valence-corrected chi connectivity index (χ1v) is 6.33. The molecular weight excluding hydrogens is 260 g/mol. The highest BCUT2D eigenvalue weighted by Crippen LogP contribution is 2.36. The predicted molar refractivity (Wildman–Crippen MR) is 75.0 cm³/mol. The Bertz CT molecular complexity index is 581. The summed E-state index contributed by atoms with van der Waals surface area (Å²) < 4.78 is 10.6. The largest absolute Gasteiger partial charge is 0.487 e. The number of rotatable bonds is 6. The standard InChI is InChI=1S/C14H16N2O4/c1-3-19-13-7-4-6-11(14(13)16(17)18)15-10(2)12-8-5-9-20-12/h4-10,15H,3H2,1-2H3. The molecule has 0 fully saturated rings. The molecule has 2 rings (SSSR count). The van der Waals surface area contributed by atoms with Crippen LogP contribution in [0, 0.1) is 10.1 Å². The molecule has 0 saturated carbocycles. The number of hydrogen-bond donors (Lipinski definition) is 1. The third kappa shape index (κ3) is 2.90. The number of nitro groups is 1. The number of ether oxygens (including phenoxy) is 1. The summed E-state index contributed by atoms with van der Waals surface area (Å²) in [6, 6.07) is 8.37. The third-order valence-electron chi connectivity index (χ3n) is 2.82. The summed E-state index contributed by atoms with van der Waals surface area (Å²) in [5, 5.41) is 14.3. The molecule has 0 saturated heterocycles. The van der Waals surface area contributed by atoms with Crippen molar-refractivity contribution in [3.63, 3.8) is 0 Å². The van der Waals surface area contributed by atoms with Gasteiger partial charge in [0.05, 0.1) is 23.8 Å². The number of nitrogens with one attached hydrogen (secondary N) is 1. The molecule has 1 unspecified atom stereocenters. The molecule has 6 heteroatoms. The topological polar surface area (TPSA) is 77.5 Å². The van der Waals surface area contributed by atoms with E-state index in [1.165, 1.54) is 0 Å². The minimum atomic E-state index is -0.442. The van der Waals surface area contributed by atoms with Crippen molar-refractivity contribution in [1.82, 2.24) is 0 Å². The molecule has 106 valence electrons. The van der Waals surface area contributed by atoms with Gasteiger partial charge < -0.3 is 14.5 Å². The van der Waals surface area contributed by atoms with Crippen molar-refractivity contribution >= 4 is 11.4 Å². The smallest absolute Gasteiger partial charge is 0.333 e. The molecule has 0 bridgehead atoms. The van der Waals surface area contributed by atoms with Gasteiger partial charge in [0.2, 0.25) is 0 Å². The van der Waals surface area contributed by atoms with E-state index in [-0.39, 0.29) is 17.5 Å². The van der Waals surface area contributed by atoms with Crippen molar-refractivity contribution in [2.45, 2.75) is 19.9 Å². The van der Waals surface area contributed by atoms with Gasteiger partial charge in [0.25, 0.3) is 0 Å². The van der Waals surface area contributed by atoms with Gasteiger partial charge in [0.1, 0.15) is 11.4 Å². The maximum Gasteiger partial charge on any atom is 0.333 e. The summed E-state index contributed by atoms with van der Waals surface area (Å²) in [5.74, 6) is 0.968. The first-order chi connectivity index (χ1) is 9.63. The minimum absolute atomic E-state index is 0.0623. The van der Waals surface area contributed by atoms with Crippen molar-refractivity contribution in [2.75, 3.05) is 11.9 Å². The van der Waals surface area contributed by atoms with Crippen LogP contribution < -0.4 is 10.1 Å². The first kappa shape index (κ1) is 13.9. The average Bonchev–Trinajstić information content (AvgIpc) is 2.92. The zero-order valence-electron chi connectivity index (χ0n) is 11.3.